The molecule has 1 fully saturated rings. The fraction of sp³-hybridized carbons (Fsp3) is 0.455. The van der Waals surface area contributed by atoms with Gasteiger partial charge in [-0.25, -0.2) is 8.42 Å². The van der Waals surface area contributed by atoms with Crippen molar-refractivity contribution in [2.24, 2.45) is 0 Å². The van der Waals surface area contributed by atoms with Crippen LogP contribution in [0.1, 0.15) is 5.89 Å². The zero-order chi connectivity index (χ0) is 15.0. The molecule has 0 aliphatic carbocycles. The van der Waals surface area contributed by atoms with Crippen molar-refractivity contribution in [1.29, 1.82) is 0 Å². The molecule has 0 aromatic carbocycles. The van der Waals surface area contributed by atoms with Gasteiger partial charge in [-0.15, -0.1) is 16.4 Å². The predicted molar refractivity (Wildman–Crippen MR) is 82.0 cm³/mol. The SMILES string of the molecule is Cc1nnc(N2CCN(S(=O)(=O)c3ccc(Br)s3)CC2)o1. The second kappa shape index (κ2) is 5.67. The third-order valence-electron chi connectivity index (χ3n) is 3.17. The van der Waals surface area contributed by atoms with E-state index in [1.54, 1.807) is 19.1 Å². The fourth-order valence-corrected chi connectivity index (χ4v) is 5.68. The van der Waals surface area contributed by atoms with Crippen LogP contribution in [-0.4, -0.2) is 49.1 Å². The van der Waals surface area contributed by atoms with Crippen molar-refractivity contribution in [2.75, 3.05) is 31.1 Å². The highest BCUT2D eigenvalue weighted by molar-refractivity contribution is 9.11. The molecule has 2 aromatic rings. The molecule has 2 aromatic heterocycles. The molecule has 0 bridgehead atoms. The molecular weight excluding hydrogens is 380 g/mol. The van der Waals surface area contributed by atoms with Gasteiger partial charge in [0.1, 0.15) is 4.21 Å². The highest BCUT2D eigenvalue weighted by Crippen LogP contribution is 2.29. The van der Waals surface area contributed by atoms with E-state index in [0.717, 1.165) is 3.79 Å². The molecule has 0 amide bonds. The van der Waals surface area contributed by atoms with E-state index in [4.69, 9.17) is 4.42 Å². The highest BCUT2D eigenvalue weighted by atomic mass is 79.9. The topological polar surface area (TPSA) is 79.5 Å². The second-order valence-electron chi connectivity index (χ2n) is 4.55. The molecule has 0 unspecified atom stereocenters. The standard InChI is InChI=1S/C11H13BrN4O3S2/c1-8-13-14-11(19-8)15-4-6-16(7-5-15)21(17,18)10-3-2-9(12)20-10/h2-3H,4-7H2,1H3. The minimum absolute atomic E-state index is 0.358. The van der Waals surface area contributed by atoms with Crippen molar-refractivity contribution >= 4 is 43.3 Å². The molecule has 0 saturated carbocycles. The van der Waals surface area contributed by atoms with E-state index >= 15 is 0 Å². The van der Waals surface area contributed by atoms with Gasteiger partial charge in [-0.1, -0.05) is 5.10 Å². The number of sulfonamides is 1. The van der Waals surface area contributed by atoms with Crippen LogP contribution in [0.3, 0.4) is 0 Å². The molecule has 7 nitrogen and oxygen atoms in total. The lowest BCUT2D eigenvalue weighted by molar-refractivity contribution is 0.371. The Balaban J connectivity index is 1.71. The summed E-state index contributed by atoms with van der Waals surface area (Å²) in [6.07, 6.45) is 0. The number of anilines is 1. The minimum atomic E-state index is -3.41. The summed E-state index contributed by atoms with van der Waals surface area (Å²) in [5, 5.41) is 7.74. The van der Waals surface area contributed by atoms with Crippen LogP contribution in [0, 0.1) is 6.92 Å². The van der Waals surface area contributed by atoms with Crippen LogP contribution >= 0.6 is 27.3 Å². The van der Waals surface area contributed by atoms with Crippen LogP contribution in [0.2, 0.25) is 0 Å². The van der Waals surface area contributed by atoms with Crippen LogP contribution in [-0.2, 0) is 10.0 Å². The largest absolute Gasteiger partial charge is 0.408 e. The summed E-state index contributed by atoms with van der Waals surface area (Å²) in [6.45, 7) is 3.60. The predicted octanol–water partition coefficient (Wildman–Crippen LogP) is 1.71. The molecule has 3 heterocycles. The third kappa shape index (κ3) is 2.98. The summed E-state index contributed by atoms with van der Waals surface area (Å²) in [4.78, 5) is 1.90. The second-order valence-corrected chi connectivity index (χ2v) is 9.18. The molecule has 21 heavy (non-hydrogen) atoms. The number of halogens is 1. The van der Waals surface area contributed by atoms with E-state index in [0.29, 0.717) is 42.3 Å². The quantitative estimate of drug-likeness (QED) is 0.790. The van der Waals surface area contributed by atoms with Crippen LogP contribution in [0.25, 0.3) is 0 Å². The van der Waals surface area contributed by atoms with E-state index in [1.807, 2.05) is 4.90 Å². The molecule has 0 N–H and O–H groups in total. The monoisotopic (exact) mass is 392 g/mol. The maximum Gasteiger partial charge on any atom is 0.318 e. The first kappa shape index (κ1) is 14.9. The molecule has 114 valence electrons. The first-order valence-electron chi connectivity index (χ1n) is 6.27. The van der Waals surface area contributed by atoms with Crippen molar-refractivity contribution in [2.45, 2.75) is 11.1 Å². The molecular formula is C11H13BrN4O3S2. The number of thiophene rings is 1. The van der Waals surface area contributed by atoms with Gasteiger partial charge in [0, 0.05) is 33.1 Å². The number of piperazine rings is 1. The number of aromatic nitrogens is 2. The zero-order valence-electron chi connectivity index (χ0n) is 11.2. The summed E-state index contributed by atoms with van der Waals surface area (Å²) >= 11 is 4.51. The van der Waals surface area contributed by atoms with Crippen molar-refractivity contribution < 1.29 is 12.8 Å². The Kier molecular flexibility index (Phi) is 4.04. The van der Waals surface area contributed by atoms with Crippen molar-refractivity contribution in [3.63, 3.8) is 0 Å². The summed E-state index contributed by atoms with van der Waals surface area (Å²) in [5.41, 5.74) is 0. The minimum Gasteiger partial charge on any atom is -0.408 e. The number of hydrogen-bond acceptors (Lipinski definition) is 7. The van der Waals surface area contributed by atoms with Gasteiger partial charge in [-0.2, -0.15) is 4.31 Å². The zero-order valence-corrected chi connectivity index (χ0v) is 14.4. The van der Waals surface area contributed by atoms with E-state index in [1.165, 1.54) is 15.6 Å². The summed E-state index contributed by atoms with van der Waals surface area (Å²) in [6, 6.07) is 3.82. The number of rotatable bonds is 3. The Bertz CT molecular complexity index is 734. The summed E-state index contributed by atoms with van der Waals surface area (Å²) in [5.74, 6) is 0.503. The van der Waals surface area contributed by atoms with Crippen molar-refractivity contribution in [1.82, 2.24) is 14.5 Å². The van der Waals surface area contributed by atoms with Crippen molar-refractivity contribution in [3.8, 4) is 0 Å². The summed E-state index contributed by atoms with van der Waals surface area (Å²) in [7, 11) is -3.41. The molecule has 10 heteroatoms. The maximum atomic E-state index is 12.5. The molecule has 0 spiro atoms. The molecule has 1 saturated heterocycles. The lowest BCUT2D eigenvalue weighted by atomic mass is 10.4. The highest BCUT2D eigenvalue weighted by Gasteiger charge is 2.30. The average molecular weight is 393 g/mol. The normalized spacial score (nSPS) is 17.3. The Morgan fingerprint density at radius 1 is 1.24 bits per heavy atom. The molecule has 1 aliphatic rings. The van der Waals surface area contributed by atoms with Gasteiger partial charge in [0.2, 0.25) is 5.89 Å². The van der Waals surface area contributed by atoms with Crippen LogP contribution in [0.4, 0.5) is 6.01 Å². The first-order chi connectivity index (χ1) is 9.96. The lowest BCUT2D eigenvalue weighted by Gasteiger charge is -2.32. The molecule has 0 radical (unpaired) electrons. The first-order valence-corrected chi connectivity index (χ1v) is 9.32. The number of hydrogen-bond donors (Lipinski definition) is 0. The fourth-order valence-electron chi connectivity index (χ4n) is 2.10. The van der Waals surface area contributed by atoms with E-state index < -0.39 is 10.0 Å². The Hall–Kier alpha value is -0.970. The Morgan fingerprint density at radius 2 is 1.95 bits per heavy atom. The average Bonchev–Trinajstić information content (AvgIpc) is 3.08. The van der Waals surface area contributed by atoms with Gasteiger partial charge in [0.15, 0.2) is 0 Å². The lowest BCUT2D eigenvalue weighted by Crippen LogP contribution is -2.48. The Labute approximate surface area is 134 Å². The smallest absolute Gasteiger partial charge is 0.318 e. The maximum absolute atomic E-state index is 12.5. The van der Waals surface area contributed by atoms with Gasteiger partial charge in [-0.3, -0.25) is 0 Å². The van der Waals surface area contributed by atoms with E-state index in [-0.39, 0.29) is 0 Å². The van der Waals surface area contributed by atoms with Crippen LogP contribution < -0.4 is 4.90 Å². The third-order valence-corrected chi connectivity index (χ3v) is 7.16. The number of aryl methyl sites for hydroxylation is 1. The summed E-state index contributed by atoms with van der Waals surface area (Å²) < 4.78 is 33.0. The van der Waals surface area contributed by atoms with Crippen LogP contribution in [0.5, 0.6) is 0 Å². The van der Waals surface area contributed by atoms with Gasteiger partial charge < -0.3 is 9.32 Å². The van der Waals surface area contributed by atoms with Gasteiger partial charge >= 0.3 is 6.01 Å². The van der Waals surface area contributed by atoms with Gasteiger partial charge in [-0.05, 0) is 28.1 Å². The molecule has 1 aliphatic heterocycles. The Morgan fingerprint density at radius 3 is 2.48 bits per heavy atom. The number of nitrogens with zero attached hydrogens (tertiary/aromatic N) is 4. The van der Waals surface area contributed by atoms with Gasteiger partial charge in [0.05, 0.1) is 3.79 Å². The van der Waals surface area contributed by atoms with E-state index in [2.05, 4.69) is 26.1 Å². The van der Waals surface area contributed by atoms with Crippen molar-refractivity contribution in [3.05, 3.63) is 21.8 Å². The van der Waals surface area contributed by atoms with Gasteiger partial charge in [0.25, 0.3) is 10.0 Å². The van der Waals surface area contributed by atoms with Crippen LogP contribution in [0.15, 0.2) is 24.5 Å². The molecule has 0 atom stereocenters. The van der Waals surface area contributed by atoms with E-state index in [9.17, 15) is 8.42 Å². The molecule has 3 rings (SSSR count).